The number of hydrogen-bond acceptors (Lipinski definition) is 4. The van der Waals surface area contributed by atoms with Gasteiger partial charge in [0.05, 0.1) is 24.1 Å². The highest BCUT2D eigenvalue weighted by molar-refractivity contribution is 9.10. The molecule has 24 heavy (non-hydrogen) atoms. The molecule has 1 saturated heterocycles. The van der Waals surface area contributed by atoms with Crippen LogP contribution < -0.4 is 10.1 Å². The Morgan fingerprint density at radius 2 is 2.21 bits per heavy atom. The summed E-state index contributed by atoms with van der Waals surface area (Å²) in [4.78, 5) is 25.8. The van der Waals surface area contributed by atoms with Gasteiger partial charge in [-0.1, -0.05) is 6.07 Å². The third-order valence-electron chi connectivity index (χ3n) is 4.00. The Kier molecular flexibility index (Phi) is 6.90. The first kappa shape index (κ1) is 18.6. The minimum Gasteiger partial charge on any atom is -0.496 e. The summed E-state index contributed by atoms with van der Waals surface area (Å²) in [5.41, 5.74) is 0.981. The lowest BCUT2D eigenvalue weighted by molar-refractivity contribution is -0.126. The molecule has 132 valence electrons. The van der Waals surface area contributed by atoms with Crippen LogP contribution in [0.3, 0.4) is 0 Å². The van der Waals surface area contributed by atoms with Gasteiger partial charge in [0.1, 0.15) is 5.75 Å². The predicted octanol–water partition coefficient (Wildman–Crippen LogP) is 2.94. The number of hydrogen-bond donors (Lipinski definition) is 1. The van der Waals surface area contributed by atoms with E-state index in [2.05, 4.69) is 21.2 Å². The number of nitrogens with one attached hydrogen (secondary N) is 1. The van der Waals surface area contributed by atoms with E-state index in [1.165, 1.54) is 0 Å². The maximum atomic E-state index is 12.4. The van der Waals surface area contributed by atoms with Crippen molar-refractivity contribution in [2.24, 2.45) is 5.92 Å². The number of benzene rings is 1. The minimum absolute atomic E-state index is 0.0315. The molecule has 1 heterocycles. The topological polar surface area (TPSA) is 67.9 Å². The minimum atomic E-state index is -0.339. The molecule has 1 fully saturated rings. The molecule has 0 aromatic heterocycles. The van der Waals surface area contributed by atoms with Crippen LogP contribution in [0.15, 0.2) is 22.7 Å². The average Bonchev–Trinajstić information content (AvgIpc) is 2.60. The van der Waals surface area contributed by atoms with E-state index in [4.69, 9.17) is 9.47 Å². The van der Waals surface area contributed by atoms with Crippen molar-refractivity contribution in [3.8, 4) is 5.75 Å². The van der Waals surface area contributed by atoms with E-state index in [-0.39, 0.29) is 17.9 Å². The molecule has 0 bridgehead atoms. The van der Waals surface area contributed by atoms with Gasteiger partial charge in [0.25, 0.3) is 0 Å². The molecule has 0 saturated carbocycles. The molecule has 0 spiro atoms. The number of likely N-dealkylation sites (tertiary alicyclic amines) is 1. The molecule has 2 rings (SSSR count). The van der Waals surface area contributed by atoms with Crippen molar-refractivity contribution in [3.63, 3.8) is 0 Å². The number of amides is 2. The maximum Gasteiger partial charge on any atom is 0.409 e. The molecule has 1 aliphatic heterocycles. The monoisotopic (exact) mass is 398 g/mol. The lowest BCUT2D eigenvalue weighted by Crippen LogP contribution is -2.45. The molecule has 1 unspecified atom stereocenters. The number of carbonyl (C=O) groups is 2. The summed E-state index contributed by atoms with van der Waals surface area (Å²) in [6.07, 6.45) is 1.26. The number of rotatable bonds is 5. The van der Waals surface area contributed by atoms with Crippen LogP contribution in [0.5, 0.6) is 5.75 Å². The Hall–Kier alpha value is -1.76. The lowest BCUT2D eigenvalue weighted by Gasteiger charge is -2.31. The van der Waals surface area contributed by atoms with Crippen molar-refractivity contribution >= 4 is 27.9 Å². The predicted molar refractivity (Wildman–Crippen MR) is 93.9 cm³/mol. The van der Waals surface area contributed by atoms with Gasteiger partial charge in [-0.3, -0.25) is 4.79 Å². The zero-order valence-electron chi connectivity index (χ0n) is 14.0. The fraction of sp³-hybridized carbons (Fsp3) is 0.529. The highest BCUT2D eigenvalue weighted by Crippen LogP contribution is 2.25. The van der Waals surface area contributed by atoms with Crippen LogP contribution in [0.4, 0.5) is 4.79 Å². The summed E-state index contributed by atoms with van der Waals surface area (Å²) in [6.45, 7) is 3.62. The number of halogens is 1. The van der Waals surface area contributed by atoms with Crippen LogP contribution >= 0.6 is 15.9 Å². The highest BCUT2D eigenvalue weighted by atomic mass is 79.9. The first-order valence-electron chi connectivity index (χ1n) is 8.07. The van der Waals surface area contributed by atoms with Gasteiger partial charge in [0.2, 0.25) is 5.91 Å². The van der Waals surface area contributed by atoms with E-state index in [1.54, 1.807) is 18.9 Å². The van der Waals surface area contributed by atoms with Crippen molar-refractivity contribution in [1.82, 2.24) is 10.2 Å². The van der Waals surface area contributed by atoms with Gasteiger partial charge in [-0.2, -0.15) is 0 Å². The first-order valence-corrected chi connectivity index (χ1v) is 8.86. The van der Waals surface area contributed by atoms with E-state index < -0.39 is 0 Å². The number of nitrogens with zero attached hydrogens (tertiary/aromatic N) is 1. The molecule has 2 amide bonds. The quantitative estimate of drug-likeness (QED) is 0.827. The number of piperidine rings is 1. The van der Waals surface area contributed by atoms with Gasteiger partial charge in [0.15, 0.2) is 0 Å². The van der Waals surface area contributed by atoms with Gasteiger partial charge in [-0.15, -0.1) is 0 Å². The molecule has 1 aromatic rings. The number of methoxy groups -OCH3 is 1. The van der Waals surface area contributed by atoms with Crippen LogP contribution in [0, 0.1) is 5.92 Å². The Morgan fingerprint density at radius 3 is 2.88 bits per heavy atom. The van der Waals surface area contributed by atoms with Crippen molar-refractivity contribution in [2.45, 2.75) is 26.3 Å². The molecule has 6 nitrogen and oxygen atoms in total. The number of ether oxygens (including phenoxy) is 2. The summed E-state index contributed by atoms with van der Waals surface area (Å²) in [6, 6.07) is 5.69. The van der Waals surface area contributed by atoms with E-state index in [1.807, 2.05) is 18.2 Å². The third kappa shape index (κ3) is 4.87. The second-order valence-corrected chi connectivity index (χ2v) is 6.53. The Bertz CT molecular complexity index is 594. The highest BCUT2D eigenvalue weighted by Gasteiger charge is 2.28. The van der Waals surface area contributed by atoms with Crippen LogP contribution in [-0.2, 0) is 16.1 Å². The fourth-order valence-corrected chi connectivity index (χ4v) is 3.31. The summed E-state index contributed by atoms with van der Waals surface area (Å²) in [7, 11) is 1.61. The van der Waals surface area contributed by atoms with Gasteiger partial charge >= 0.3 is 6.09 Å². The molecule has 7 heteroatoms. The van der Waals surface area contributed by atoms with Crippen LogP contribution in [0.1, 0.15) is 25.3 Å². The van der Waals surface area contributed by atoms with Crippen LogP contribution in [-0.4, -0.2) is 43.7 Å². The van der Waals surface area contributed by atoms with Gasteiger partial charge in [-0.25, -0.2) is 4.79 Å². The zero-order valence-corrected chi connectivity index (χ0v) is 15.6. The second-order valence-electron chi connectivity index (χ2n) is 5.67. The smallest absolute Gasteiger partial charge is 0.409 e. The van der Waals surface area contributed by atoms with Crippen LogP contribution in [0.25, 0.3) is 0 Å². The van der Waals surface area contributed by atoms with Crippen molar-refractivity contribution in [2.75, 3.05) is 26.8 Å². The van der Waals surface area contributed by atoms with Gasteiger partial charge in [-0.05, 0) is 53.4 Å². The Morgan fingerprint density at radius 1 is 1.42 bits per heavy atom. The molecule has 1 aliphatic rings. The maximum absolute atomic E-state index is 12.4. The molecule has 1 N–H and O–H groups in total. The molecule has 1 atom stereocenters. The summed E-state index contributed by atoms with van der Waals surface area (Å²) >= 11 is 3.43. The van der Waals surface area contributed by atoms with Crippen LogP contribution in [0.2, 0.25) is 0 Å². The summed E-state index contributed by atoms with van der Waals surface area (Å²) < 4.78 is 11.1. The molecule has 0 radical (unpaired) electrons. The fourth-order valence-electron chi connectivity index (χ4n) is 2.73. The molecular formula is C17H23BrN2O4. The van der Waals surface area contributed by atoms with Gasteiger partial charge < -0.3 is 19.7 Å². The number of carbonyl (C=O) groups excluding carboxylic acids is 2. The Balaban J connectivity index is 1.87. The normalized spacial score (nSPS) is 17.3. The third-order valence-corrected chi connectivity index (χ3v) is 4.62. The Labute approximate surface area is 150 Å². The molecule has 0 aliphatic carbocycles. The van der Waals surface area contributed by atoms with Crippen molar-refractivity contribution < 1.29 is 19.1 Å². The van der Waals surface area contributed by atoms with E-state index in [0.717, 1.165) is 28.6 Å². The molecular weight excluding hydrogens is 376 g/mol. The summed E-state index contributed by atoms with van der Waals surface area (Å²) in [5, 5.41) is 2.95. The summed E-state index contributed by atoms with van der Waals surface area (Å²) in [5.74, 6) is 0.531. The van der Waals surface area contributed by atoms with E-state index in [9.17, 15) is 9.59 Å². The average molecular weight is 399 g/mol. The largest absolute Gasteiger partial charge is 0.496 e. The molecule has 1 aromatic carbocycles. The second kappa shape index (κ2) is 8.92. The lowest BCUT2D eigenvalue weighted by atomic mass is 9.97. The van der Waals surface area contributed by atoms with Crippen molar-refractivity contribution in [1.29, 1.82) is 0 Å². The van der Waals surface area contributed by atoms with Crippen molar-refractivity contribution in [3.05, 3.63) is 28.2 Å². The standard InChI is InChI=1S/C17H23BrN2O4/c1-3-24-17(22)20-8-4-5-13(11-20)16(21)19-10-12-6-7-15(23-2)14(18)9-12/h6-7,9,13H,3-5,8,10-11H2,1-2H3,(H,19,21). The zero-order chi connectivity index (χ0) is 17.5. The first-order chi connectivity index (χ1) is 11.5. The van der Waals surface area contributed by atoms with E-state index in [0.29, 0.717) is 26.2 Å². The van der Waals surface area contributed by atoms with E-state index >= 15 is 0 Å². The van der Waals surface area contributed by atoms with Gasteiger partial charge in [0, 0.05) is 19.6 Å². The SMILES string of the molecule is CCOC(=O)N1CCCC(C(=O)NCc2ccc(OC)c(Br)c2)C1.